The lowest BCUT2D eigenvalue weighted by atomic mass is 9.97. The Morgan fingerprint density at radius 2 is 1.78 bits per heavy atom. The average molecular weight is 434 g/mol. The summed E-state index contributed by atoms with van der Waals surface area (Å²) in [7, 11) is 3.26. The van der Waals surface area contributed by atoms with Gasteiger partial charge in [-0.15, -0.1) is 0 Å². The van der Waals surface area contributed by atoms with E-state index in [-0.39, 0.29) is 6.04 Å². The van der Waals surface area contributed by atoms with Crippen LogP contribution in [0.3, 0.4) is 0 Å². The number of nitrogens with zero attached hydrogens (tertiary/aromatic N) is 2. The van der Waals surface area contributed by atoms with Crippen LogP contribution in [-0.4, -0.2) is 31.5 Å². The van der Waals surface area contributed by atoms with E-state index in [0.717, 1.165) is 39.9 Å². The molecular formula is C25H26N2O5. The summed E-state index contributed by atoms with van der Waals surface area (Å²) in [5.74, 6) is 4.34. The lowest BCUT2D eigenvalue weighted by Crippen LogP contribution is -2.34. The van der Waals surface area contributed by atoms with Crippen LogP contribution in [0.5, 0.6) is 23.0 Å². The summed E-state index contributed by atoms with van der Waals surface area (Å²) in [6.45, 7) is 4.45. The zero-order chi connectivity index (χ0) is 22.2. The number of ether oxygens (including phenoxy) is 4. The molecule has 0 bridgehead atoms. The molecule has 5 rings (SSSR count). The fraction of sp³-hybridized carbons (Fsp3) is 0.320. The molecule has 166 valence electrons. The van der Waals surface area contributed by atoms with Crippen molar-refractivity contribution in [3.8, 4) is 23.0 Å². The van der Waals surface area contributed by atoms with Crippen molar-refractivity contribution >= 4 is 5.71 Å². The van der Waals surface area contributed by atoms with E-state index in [9.17, 15) is 0 Å². The van der Waals surface area contributed by atoms with Gasteiger partial charge in [0.05, 0.1) is 32.4 Å². The maximum absolute atomic E-state index is 6.57. The maximum atomic E-state index is 6.57. The Kier molecular flexibility index (Phi) is 5.17. The molecule has 0 fully saturated rings. The second-order valence-corrected chi connectivity index (χ2v) is 7.72. The maximum Gasteiger partial charge on any atom is 0.217 e. The number of furan rings is 1. The largest absolute Gasteiger partial charge is 0.493 e. The number of methoxy groups -OCH3 is 2. The number of rotatable bonds is 6. The van der Waals surface area contributed by atoms with Crippen LogP contribution < -0.4 is 18.9 Å². The summed E-state index contributed by atoms with van der Waals surface area (Å²) in [5, 5.41) is 6.94. The molecule has 2 atom stereocenters. The van der Waals surface area contributed by atoms with Crippen LogP contribution >= 0.6 is 0 Å². The summed E-state index contributed by atoms with van der Waals surface area (Å²) in [6.07, 6.45) is 0.175. The Bertz CT molecular complexity index is 1170. The van der Waals surface area contributed by atoms with Gasteiger partial charge >= 0.3 is 0 Å². The molecular weight excluding hydrogens is 408 g/mol. The summed E-state index contributed by atoms with van der Waals surface area (Å²) in [5.41, 5.74) is 2.75. The van der Waals surface area contributed by atoms with Crippen molar-refractivity contribution in [3.05, 3.63) is 71.2 Å². The fourth-order valence-electron chi connectivity index (χ4n) is 4.40. The van der Waals surface area contributed by atoms with E-state index < -0.39 is 6.23 Å². The summed E-state index contributed by atoms with van der Waals surface area (Å²) >= 11 is 0. The van der Waals surface area contributed by atoms with Crippen LogP contribution in [0, 0.1) is 6.92 Å². The quantitative estimate of drug-likeness (QED) is 0.528. The van der Waals surface area contributed by atoms with E-state index in [1.807, 2.05) is 61.3 Å². The summed E-state index contributed by atoms with van der Waals surface area (Å²) < 4.78 is 29.6. The number of benzene rings is 2. The van der Waals surface area contributed by atoms with Gasteiger partial charge in [-0.25, -0.2) is 5.01 Å². The van der Waals surface area contributed by atoms with Crippen LogP contribution in [0.25, 0.3) is 0 Å². The molecule has 1 aromatic heterocycles. The zero-order valence-corrected chi connectivity index (χ0v) is 18.6. The zero-order valence-electron chi connectivity index (χ0n) is 18.6. The molecule has 0 amide bonds. The first kappa shape index (κ1) is 20.3. The van der Waals surface area contributed by atoms with Crippen LogP contribution in [-0.2, 0) is 0 Å². The van der Waals surface area contributed by atoms with E-state index in [4.69, 9.17) is 28.5 Å². The lowest BCUT2D eigenvalue weighted by molar-refractivity contribution is -0.0226. The minimum Gasteiger partial charge on any atom is -0.493 e. The Labute approximate surface area is 187 Å². The van der Waals surface area contributed by atoms with Gasteiger partial charge in [0, 0.05) is 12.0 Å². The summed E-state index contributed by atoms with van der Waals surface area (Å²) in [6, 6.07) is 15.7. The topological polar surface area (TPSA) is 65.7 Å². The third-order valence-corrected chi connectivity index (χ3v) is 5.80. The van der Waals surface area contributed by atoms with Crippen LogP contribution in [0.15, 0.2) is 58.0 Å². The predicted octanol–water partition coefficient (Wildman–Crippen LogP) is 5.25. The van der Waals surface area contributed by atoms with Gasteiger partial charge in [0.15, 0.2) is 23.0 Å². The molecule has 0 radical (unpaired) electrons. The SMILES string of the molecule is CCOc1cccc2c1O[C@H](c1cccc(OC)c1OC)N1N=C(c3ccc(C)o3)C[C@@H]21. The van der Waals surface area contributed by atoms with Gasteiger partial charge in [-0.1, -0.05) is 18.2 Å². The monoisotopic (exact) mass is 434 g/mol. The van der Waals surface area contributed by atoms with Crippen molar-refractivity contribution < 1.29 is 23.4 Å². The Hall–Kier alpha value is -3.61. The highest BCUT2D eigenvalue weighted by Crippen LogP contribution is 2.52. The molecule has 0 saturated carbocycles. The number of hydrogen-bond donors (Lipinski definition) is 0. The number of fused-ring (bicyclic) bond motifs is 3. The van der Waals surface area contributed by atoms with E-state index in [0.29, 0.717) is 24.5 Å². The fourth-order valence-corrected chi connectivity index (χ4v) is 4.40. The minimum atomic E-state index is -0.521. The minimum absolute atomic E-state index is 0.0273. The average Bonchev–Trinajstić information content (AvgIpc) is 3.45. The number of aryl methyl sites for hydroxylation is 1. The van der Waals surface area contributed by atoms with Crippen molar-refractivity contribution in [3.63, 3.8) is 0 Å². The molecule has 7 heteroatoms. The van der Waals surface area contributed by atoms with Crippen molar-refractivity contribution in [1.82, 2.24) is 5.01 Å². The Morgan fingerprint density at radius 3 is 2.47 bits per heavy atom. The molecule has 0 saturated heterocycles. The van der Waals surface area contributed by atoms with E-state index >= 15 is 0 Å². The van der Waals surface area contributed by atoms with Crippen molar-refractivity contribution in [2.45, 2.75) is 32.5 Å². The first-order chi connectivity index (χ1) is 15.6. The van der Waals surface area contributed by atoms with Crippen molar-refractivity contribution in [2.24, 2.45) is 5.10 Å². The first-order valence-corrected chi connectivity index (χ1v) is 10.7. The predicted molar refractivity (Wildman–Crippen MR) is 120 cm³/mol. The highest BCUT2D eigenvalue weighted by molar-refractivity contribution is 5.99. The third kappa shape index (κ3) is 3.25. The first-order valence-electron chi connectivity index (χ1n) is 10.7. The molecule has 0 unspecified atom stereocenters. The van der Waals surface area contributed by atoms with E-state index in [1.165, 1.54) is 0 Å². The smallest absolute Gasteiger partial charge is 0.217 e. The molecule has 0 spiro atoms. The Morgan fingerprint density at radius 1 is 1.00 bits per heavy atom. The van der Waals surface area contributed by atoms with Gasteiger partial charge in [-0.05, 0) is 44.2 Å². The van der Waals surface area contributed by atoms with Gasteiger partial charge in [0.25, 0.3) is 0 Å². The van der Waals surface area contributed by atoms with Gasteiger partial charge in [-0.2, -0.15) is 5.10 Å². The van der Waals surface area contributed by atoms with Crippen LogP contribution in [0.2, 0.25) is 0 Å². The van der Waals surface area contributed by atoms with Gasteiger partial charge in [-0.3, -0.25) is 0 Å². The third-order valence-electron chi connectivity index (χ3n) is 5.80. The molecule has 2 aliphatic rings. The second kappa shape index (κ2) is 8.15. The number of hydrogen-bond acceptors (Lipinski definition) is 7. The molecule has 3 aromatic rings. The summed E-state index contributed by atoms with van der Waals surface area (Å²) in [4.78, 5) is 0. The molecule has 3 heterocycles. The van der Waals surface area contributed by atoms with Crippen LogP contribution in [0.4, 0.5) is 0 Å². The highest BCUT2D eigenvalue weighted by atomic mass is 16.5. The number of hydrazone groups is 1. The van der Waals surface area contributed by atoms with E-state index in [1.54, 1.807) is 14.2 Å². The Balaban J connectivity index is 1.66. The van der Waals surface area contributed by atoms with Crippen LogP contribution in [0.1, 0.15) is 48.3 Å². The molecule has 2 aromatic carbocycles. The molecule has 0 aliphatic carbocycles. The van der Waals surface area contributed by atoms with E-state index in [2.05, 4.69) is 6.07 Å². The molecule has 32 heavy (non-hydrogen) atoms. The molecule has 0 N–H and O–H groups in total. The standard InChI is InChI=1S/C25H26N2O5/c1-5-30-22-11-6-8-16-19-14-18(20-13-12-15(2)31-20)26-27(19)25(32-24(16)22)17-9-7-10-21(28-3)23(17)29-4/h6-13,19,25H,5,14H2,1-4H3/t19-,25+/m0/s1. The number of para-hydroxylation sites is 2. The van der Waals surface area contributed by atoms with Gasteiger partial charge in [0.2, 0.25) is 6.23 Å². The molecule has 7 nitrogen and oxygen atoms in total. The van der Waals surface area contributed by atoms with Crippen molar-refractivity contribution in [2.75, 3.05) is 20.8 Å². The second-order valence-electron chi connectivity index (χ2n) is 7.72. The lowest BCUT2D eigenvalue weighted by Gasteiger charge is -2.39. The van der Waals surface area contributed by atoms with Gasteiger partial charge < -0.3 is 23.4 Å². The molecule has 2 aliphatic heterocycles. The van der Waals surface area contributed by atoms with Crippen molar-refractivity contribution in [1.29, 1.82) is 0 Å². The highest BCUT2D eigenvalue weighted by Gasteiger charge is 2.44. The van der Waals surface area contributed by atoms with Gasteiger partial charge in [0.1, 0.15) is 17.2 Å². The normalized spacial score (nSPS) is 19.0.